The lowest BCUT2D eigenvalue weighted by molar-refractivity contribution is 0.0421. The van der Waals surface area contributed by atoms with Crippen molar-refractivity contribution < 1.29 is 10.2 Å². The molecule has 0 fully saturated rings. The fourth-order valence-corrected chi connectivity index (χ4v) is 3.04. The molecule has 0 saturated heterocycles. The normalized spacial score (nSPS) is 15.2. The highest BCUT2D eigenvalue weighted by atomic mass is 32.1. The Bertz CT molecular complexity index is 473. The molecule has 0 radical (unpaired) electrons. The molecule has 2 rings (SSSR count). The molecule has 86 valence electrons. The van der Waals surface area contributed by atoms with Crippen molar-refractivity contribution in [2.75, 3.05) is 6.61 Å². The maximum absolute atomic E-state index is 10.4. The highest BCUT2D eigenvalue weighted by Crippen LogP contribution is 2.35. The minimum atomic E-state index is -0.845. The molecular weight excluding hydrogens is 220 g/mol. The van der Waals surface area contributed by atoms with Gasteiger partial charge in [0, 0.05) is 16.9 Å². The fourth-order valence-electron chi connectivity index (χ4n) is 1.95. The number of fused-ring (bicyclic) bond motifs is 1. The van der Waals surface area contributed by atoms with Gasteiger partial charge >= 0.3 is 0 Å². The SMILES string of the molecule is CC(O)(CCCO)c1csc2ccccc12. The molecule has 0 saturated carbocycles. The highest BCUT2D eigenvalue weighted by Gasteiger charge is 2.25. The number of thiophene rings is 1. The largest absolute Gasteiger partial charge is 0.396 e. The first-order chi connectivity index (χ1) is 7.65. The Labute approximate surface area is 99.2 Å². The molecule has 0 aliphatic carbocycles. The monoisotopic (exact) mass is 236 g/mol. The molecule has 1 heterocycles. The van der Waals surface area contributed by atoms with E-state index in [0.717, 1.165) is 10.9 Å². The van der Waals surface area contributed by atoms with E-state index in [4.69, 9.17) is 5.11 Å². The van der Waals surface area contributed by atoms with E-state index in [2.05, 4.69) is 6.07 Å². The van der Waals surface area contributed by atoms with Crippen molar-refractivity contribution in [3.8, 4) is 0 Å². The van der Waals surface area contributed by atoms with Crippen LogP contribution in [-0.4, -0.2) is 16.8 Å². The molecule has 0 aliphatic heterocycles. The molecule has 0 spiro atoms. The van der Waals surface area contributed by atoms with Crippen LogP contribution in [0.2, 0.25) is 0 Å². The molecule has 0 bridgehead atoms. The van der Waals surface area contributed by atoms with E-state index in [1.165, 1.54) is 4.70 Å². The standard InChI is InChI=1S/C13H16O2S/c1-13(15,7-4-8-14)11-9-16-12-6-3-2-5-10(11)12/h2-3,5-6,9,14-15H,4,7-8H2,1H3. The van der Waals surface area contributed by atoms with Crippen LogP contribution in [0.1, 0.15) is 25.3 Å². The summed E-state index contributed by atoms with van der Waals surface area (Å²) in [6, 6.07) is 8.09. The number of aliphatic hydroxyl groups is 2. The van der Waals surface area contributed by atoms with Crippen molar-refractivity contribution in [3.05, 3.63) is 35.2 Å². The van der Waals surface area contributed by atoms with E-state index in [1.807, 2.05) is 30.5 Å². The molecule has 1 unspecified atom stereocenters. The average Bonchev–Trinajstić information content (AvgIpc) is 2.71. The molecule has 1 atom stereocenters. The maximum Gasteiger partial charge on any atom is 0.0883 e. The third kappa shape index (κ3) is 2.12. The summed E-state index contributed by atoms with van der Waals surface area (Å²) in [4.78, 5) is 0. The highest BCUT2D eigenvalue weighted by molar-refractivity contribution is 7.17. The molecule has 3 heteroatoms. The smallest absolute Gasteiger partial charge is 0.0883 e. The van der Waals surface area contributed by atoms with Crippen molar-refractivity contribution >= 4 is 21.4 Å². The van der Waals surface area contributed by atoms with E-state index in [-0.39, 0.29) is 6.61 Å². The molecule has 2 nitrogen and oxygen atoms in total. The molecule has 0 amide bonds. The Balaban J connectivity index is 2.38. The van der Waals surface area contributed by atoms with Crippen molar-refractivity contribution in [1.29, 1.82) is 0 Å². The number of hydrogen-bond acceptors (Lipinski definition) is 3. The van der Waals surface area contributed by atoms with Crippen LogP contribution < -0.4 is 0 Å². The van der Waals surface area contributed by atoms with Gasteiger partial charge in [-0.3, -0.25) is 0 Å². The van der Waals surface area contributed by atoms with Gasteiger partial charge in [-0.2, -0.15) is 0 Å². The second-order valence-corrected chi connectivity index (χ2v) is 5.16. The lowest BCUT2D eigenvalue weighted by Crippen LogP contribution is -2.20. The number of rotatable bonds is 4. The van der Waals surface area contributed by atoms with E-state index in [1.54, 1.807) is 11.3 Å². The zero-order valence-corrected chi connectivity index (χ0v) is 10.1. The van der Waals surface area contributed by atoms with Gasteiger partial charge in [-0.15, -0.1) is 11.3 Å². The van der Waals surface area contributed by atoms with Crippen LogP contribution in [0.25, 0.3) is 10.1 Å². The Morgan fingerprint density at radius 3 is 2.81 bits per heavy atom. The fraction of sp³-hybridized carbons (Fsp3) is 0.385. The summed E-state index contributed by atoms with van der Waals surface area (Å²) < 4.78 is 1.20. The molecular formula is C13H16O2S. The molecule has 0 aliphatic rings. The number of hydrogen-bond donors (Lipinski definition) is 2. The van der Waals surface area contributed by atoms with E-state index in [0.29, 0.717) is 12.8 Å². The van der Waals surface area contributed by atoms with Crippen LogP contribution in [0.3, 0.4) is 0 Å². The zero-order chi connectivity index (χ0) is 11.6. The lowest BCUT2D eigenvalue weighted by atomic mass is 9.91. The topological polar surface area (TPSA) is 40.5 Å². The minimum Gasteiger partial charge on any atom is -0.396 e. The van der Waals surface area contributed by atoms with Crippen LogP contribution in [-0.2, 0) is 5.60 Å². The van der Waals surface area contributed by atoms with Gasteiger partial charge in [0.2, 0.25) is 0 Å². The van der Waals surface area contributed by atoms with E-state index >= 15 is 0 Å². The predicted octanol–water partition coefficient (Wildman–Crippen LogP) is 2.88. The van der Waals surface area contributed by atoms with Crippen LogP contribution in [0.5, 0.6) is 0 Å². The van der Waals surface area contributed by atoms with Crippen LogP contribution in [0.15, 0.2) is 29.6 Å². The summed E-state index contributed by atoms with van der Waals surface area (Å²) in [6.45, 7) is 1.94. The summed E-state index contributed by atoms with van der Waals surface area (Å²) in [5.41, 5.74) is 0.129. The first-order valence-corrected chi connectivity index (χ1v) is 6.33. The Morgan fingerprint density at radius 2 is 2.06 bits per heavy atom. The summed E-state index contributed by atoms with van der Waals surface area (Å²) in [7, 11) is 0. The molecule has 1 aromatic heterocycles. The van der Waals surface area contributed by atoms with Gasteiger partial charge in [0.05, 0.1) is 5.60 Å². The van der Waals surface area contributed by atoms with Gasteiger partial charge in [-0.1, -0.05) is 18.2 Å². The number of aliphatic hydroxyl groups excluding tert-OH is 1. The van der Waals surface area contributed by atoms with Gasteiger partial charge in [0.1, 0.15) is 0 Å². The van der Waals surface area contributed by atoms with Gasteiger partial charge in [0.25, 0.3) is 0 Å². The number of benzene rings is 1. The van der Waals surface area contributed by atoms with Gasteiger partial charge in [0.15, 0.2) is 0 Å². The van der Waals surface area contributed by atoms with E-state index in [9.17, 15) is 5.11 Å². The maximum atomic E-state index is 10.4. The lowest BCUT2D eigenvalue weighted by Gasteiger charge is -2.22. The zero-order valence-electron chi connectivity index (χ0n) is 9.31. The van der Waals surface area contributed by atoms with Crippen LogP contribution in [0.4, 0.5) is 0 Å². The first kappa shape index (κ1) is 11.6. The third-order valence-electron chi connectivity index (χ3n) is 2.88. The molecule has 1 aromatic carbocycles. The third-order valence-corrected chi connectivity index (χ3v) is 3.85. The second kappa shape index (κ2) is 4.53. The predicted molar refractivity (Wildman–Crippen MR) is 67.7 cm³/mol. The van der Waals surface area contributed by atoms with Crippen molar-refractivity contribution in [3.63, 3.8) is 0 Å². The molecule has 16 heavy (non-hydrogen) atoms. The molecule has 2 aromatic rings. The quantitative estimate of drug-likeness (QED) is 0.857. The van der Waals surface area contributed by atoms with Gasteiger partial charge in [-0.25, -0.2) is 0 Å². The van der Waals surface area contributed by atoms with Crippen molar-refractivity contribution in [2.45, 2.75) is 25.4 Å². The van der Waals surface area contributed by atoms with Gasteiger partial charge < -0.3 is 10.2 Å². The van der Waals surface area contributed by atoms with Crippen molar-refractivity contribution in [2.24, 2.45) is 0 Å². The average molecular weight is 236 g/mol. The Kier molecular flexibility index (Phi) is 3.28. The minimum absolute atomic E-state index is 0.123. The van der Waals surface area contributed by atoms with E-state index < -0.39 is 5.60 Å². The summed E-state index contributed by atoms with van der Waals surface area (Å²) >= 11 is 1.65. The molecule has 2 N–H and O–H groups in total. The van der Waals surface area contributed by atoms with Gasteiger partial charge in [-0.05, 0) is 36.6 Å². The first-order valence-electron chi connectivity index (χ1n) is 5.45. The van der Waals surface area contributed by atoms with Crippen molar-refractivity contribution in [1.82, 2.24) is 0 Å². The second-order valence-electron chi connectivity index (χ2n) is 4.25. The summed E-state index contributed by atoms with van der Waals surface area (Å²) in [5, 5.41) is 22.4. The summed E-state index contributed by atoms with van der Waals surface area (Å²) in [5.74, 6) is 0. The summed E-state index contributed by atoms with van der Waals surface area (Å²) in [6.07, 6.45) is 1.21. The Morgan fingerprint density at radius 1 is 1.31 bits per heavy atom. The van der Waals surface area contributed by atoms with Crippen LogP contribution in [0, 0.1) is 0 Å². The Hall–Kier alpha value is -0.900. The van der Waals surface area contributed by atoms with Crippen LogP contribution >= 0.6 is 11.3 Å².